The number of piperazine rings is 1. The summed E-state index contributed by atoms with van der Waals surface area (Å²) in [6, 6.07) is 6.07. The van der Waals surface area contributed by atoms with Crippen LogP contribution < -0.4 is 24.9 Å². The minimum absolute atomic E-state index is 0.303. The van der Waals surface area contributed by atoms with Gasteiger partial charge >= 0.3 is 11.8 Å². The third-order valence-corrected chi connectivity index (χ3v) is 3.96. The van der Waals surface area contributed by atoms with Crippen molar-refractivity contribution in [1.29, 1.82) is 0 Å². The van der Waals surface area contributed by atoms with Crippen molar-refractivity contribution < 1.29 is 18.8 Å². The molecular weight excluding hydrogens is 288 g/mol. The maximum atomic E-state index is 11.1. The van der Waals surface area contributed by atoms with Gasteiger partial charge in [-0.1, -0.05) is 6.07 Å². The van der Waals surface area contributed by atoms with Crippen molar-refractivity contribution in [1.82, 2.24) is 10.2 Å². The second-order valence-electron chi connectivity index (χ2n) is 5.40. The first-order valence-electron chi connectivity index (χ1n) is 7.24. The zero-order valence-electron chi connectivity index (χ0n) is 12.0. The number of hydrogen-bond acceptors (Lipinski definition) is 6. The largest absolute Gasteiger partial charge is 0.454 e. The summed E-state index contributed by atoms with van der Waals surface area (Å²) in [7, 11) is 0. The summed E-state index contributed by atoms with van der Waals surface area (Å²) in [6.45, 7) is 4.65. The van der Waals surface area contributed by atoms with E-state index in [1.807, 2.05) is 17.1 Å². The summed E-state index contributed by atoms with van der Waals surface area (Å²) in [4.78, 5) is 15.0. The van der Waals surface area contributed by atoms with Gasteiger partial charge in [0.05, 0.1) is 13.1 Å². The number of fused-ring (bicyclic) bond motifs is 1. The van der Waals surface area contributed by atoms with Crippen LogP contribution in [0.25, 0.3) is 0 Å². The molecule has 0 amide bonds. The Morgan fingerprint density at radius 1 is 1.14 bits per heavy atom. The highest BCUT2D eigenvalue weighted by Crippen LogP contribution is 2.32. The fraction of sp³-hybridized carbons (Fsp3) is 0.429. The number of rotatable bonds is 3. The fourth-order valence-electron chi connectivity index (χ4n) is 2.79. The van der Waals surface area contributed by atoms with Gasteiger partial charge in [-0.05, 0) is 17.7 Å². The zero-order chi connectivity index (χ0) is 14.9. The normalized spacial score (nSPS) is 17.9. The Bertz CT molecular complexity index is 718. The minimum Gasteiger partial charge on any atom is -0.454 e. The van der Waals surface area contributed by atoms with E-state index in [0.29, 0.717) is 6.79 Å². The molecule has 116 valence electrons. The van der Waals surface area contributed by atoms with Gasteiger partial charge in [0.2, 0.25) is 6.79 Å². The lowest BCUT2D eigenvalue weighted by atomic mass is 10.2. The Balaban J connectivity index is 1.37. The number of aromatic amines is 1. The molecule has 8 heteroatoms. The molecule has 1 aromatic carbocycles. The molecular formula is C14H17N4O4+. The summed E-state index contributed by atoms with van der Waals surface area (Å²) in [5.41, 5.74) is 0.838. The molecule has 1 N–H and O–H groups in total. The van der Waals surface area contributed by atoms with Crippen LogP contribution in [0, 0.1) is 0 Å². The van der Waals surface area contributed by atoms with E-state index in [2.05, 4.69) is 20.8 Å². The van der Waals surface area contributed by atoms with Gasteiger partial charge in [-0.3, -0.25) is 9.42 Å². The number of nitrogens with one attached hydrogen (secondary N) is 1. The maximum absolute atomic E-state index is 11.1. The standard InChI is InChI=1S/C14H16N4O4/c19-14-9-18(15-22-14)17-5-3-16(4-6-17)8-11-1-2-12-13(7-11)21-10-20-12/h1-2,7,9H,3-6,8,10H2/p+1. The minimum atomic E-state index is -0.372. The van der Waals surface area contributed by atoms with Gasteiger partial charge in [0, 0.05) is 29.7 Å². The summed E-state index contributed by atoms with van der Waals surface area (Å²) in [6.07, 6.45) is 1.41. The van der Waals surface area contributed by atoms with E-state index in [9.17, 15) is 4.79 Å². The lowest BCUT2D eigenvalue weighted by Gasteiger charge is -2.30. The van der Waals surface area contributed by atoms with Crippen molar-refractivity contribution in [3.63, 3.8) is 0 Å². The molecule has 22 heavy (non-hydrogen) atoms. The number of benzene rings is 1. The third kappa shape index (κ3) is 2.52. The van der Waals surface area contributed by atoms with Crippen LogP contribution in [0.4, 0.5) is 0 Å². The second-order valence-corrected chi connectivity index (χ2v) is 5.40. The molecule has 4 rings (SSSR count). The maximum Gasteiger partial charge on any atom is 0.430 e. The second kappa shape index (κ2) is 5.38. The first kappa shape index (κ1) is 13.2. The van der Waals surface area contributed by atoms with Gasteiger partial charge in [0.25, 0.3) is 0 Å². The van der Waals surface area contributed by atoms with Crippen LogP contribution in [0.3, 0.4) is 0 Å². The van der Waals surface area contributed by atoms with E-state index < -0.39 is 0 Å². The fourth-order valence-corrected chi connectivity index (χ4v) is 2.79. The molecule has 2 aromatic rings. The highest BCUT2D eigenvalue weighted by atomic mass is 16.7. The highest BCUT2D eigenvalue weighted by Gasteiger charge is 2.24. The van der Waals surface area contributed by atoms with Gasteiger partial charge in [-0.15, -0.1) is 0 Å². The van der Waals surface area contributed by atoms with Crippen molar-refractivity contribution in [2.45, 2.75) is 6.54 Å². The van der Waals surface area contributed by atoms with E-state index in [1.165, 1.54) is 11.8 Å². The summed E-state index contributed by atoms with van der Waals surface area (Å²) in [5, 5.41) is 4.62. The summed E-state index contributed by atoms with van der Waals surface area (Å²) < 4.78 is 15.4. The monoisotopic (exact) mass is 305 g/mol. The van der Waals surface area contributed by atoms with Crippen LogP contribution in [0.15, 0.2) is 33.7 Å². The first-order chi connectivity index (χ1) is 10.8. The van der Waals surface area contributed by atoms with E-state index in [4.69, 9.17) is 9.47 Å². The van der Waals surface area contributed by atoms with Crippen LogP contribution in [0.2, 0.25) is 0 Å². The Kier molecular flexibility index (Phi) is 3.23. The van der Waals surface area contributed by atoms with Crippen LogP contribution in [0.5, 0.6) is 11.5 Å². The molecule has 2 aliphatic heterocycles. The highest BCUT2D eigenvalue weighted by molar-refractivity contribution is 5.44. The summed E-state index contributed by atoms with van der Waals surface area (Å²) in [5.74, 6) is 1.64. The predicted molar refractivity (Wildman–Crippen MR) is 75.3 cm³/mol. The SMILES string of the molecule is O=c1c[n+](N2CCN(Cc3ccc4c(c3)OCO4)CC2)[nH]o1. The Hall–Kier alpha value is -2.48. The zero-order valence-corrected chi connectivity index (χ0v) is 12.0. The van der Waals surface area contributed by atoms with Crippen molar-refractivity contribution >= 4 is 0 Å². The Morgan fingerprint density at radius 2 is 1.95 bits per heavy atom. The summed E-state index contributed by atoms with van der Waals surface area (Å²) >= 11 is 0. The smallest absolute Gasteiger partial charge is 0.430 e. The first-order valence-corrected chi connectivity index (χ1v) is 7.24. The van der Waals surface area contributed by atoms with Gasteiger partial charge in [-0.25, -0.2) is 4.79 Å². The Morgan fingerprint density at radius 3 is 2.73 bits per heavy atom. The lowest BCUT2D eigenvalue weighted by Crippen LogP contribution is -2.65. The van der Waals surface area contributed by atoms with Crippen LogP contribution in [0.1, 0.15) is 5.56 Å². The quantitative estimate of drug-likeness (QED) is 0.766. The molecule has 0 radical (unpaired) electrons. The van der Waals surface area contributed by atoms with E-state index >= 15 is 0 Å². The number of nitrogens with zero attached hydrogens (tertiary/aromatic N) is 3. The topological polar surface area (TPSA) is 74.8 Å². The molecule has 0 spiro atoms. The molecule has 1 aromatic heterocycles. The number of H-pyrrole nitrogens is 1. The molecule has 1 fully saturated rings. The average Bonchev–Trinajstić information content (AvgIpc) is 3.16. The van der Waals surface area contributed by atoms with Crippen LogP contribution >= 0.6 is 0 Å². The number of aromatic nitrogens is 2. The van der Waals surface area contributed by atoms with Crippen LogP contribution in [-0.2, 0) is 6.54 Å². The van der Waals surface area contributed by atoms with Gasteiger partial charge in [-0.2, -0.15) is 5.01 Å². The van der Waals surface area contributed by atoms with Crippen molar-refractivity contribution in [3.05, 3.63) is 40.4 Å². The molecule has 8 nitrogen and oxygen atoms in total. The lowest BCUT2D eigenvalue weighted by molar-refractivity contribution is -0.759. The molecule has 3 heterocycles. The Labute approximate surface area is 126 Å². The molecule has 0 saturated carbocycles. The molecule has 1 saturated heterocycles. The van der Waals surface area contributed by atoms with Crippen LogP contribution in [-0.4, -0.2) is 43.1 Å². The van der Waals surface area contributed by atoms with Crippen molar-refractivity contribution in [3.8, 4) is 11.5 Å². The van der Waals surface area contributed by atoms with Gasteiger partial charge in [0.1, 0.15) is 0 Å². The number of ether oxygens (including phenoxy) is 2. The number of hydrogen-bond donors (Lipinski definition) is 1. The van der Waals surface area contributed by atoms with E-state index in [1.54, 1.807) is 4.79 Å². The van der Waals surface area contributed by atoms with E-state index in [-0.39, 0.29) is 5.63 Å². The van der Waals surface area contributed by atoms with Crippen molar-refractivity contribution in [2.24, 2.45) is 0 Å². The molecule has 0 atom stereocenters. The van der Waals surface area contributed by atoms with Crippen molar-refractivity contribution in [2.75, 3.05) is 38.0 Å². The van der Waals surface area contributed by atoms with Gasteiger partial charge < -0.3 is 9.47 Å². The molecule has 0 aliphatic carbocycles. The third-order valence-electron chi connectivity index (χ3n) is 3.96. The molecule has 2 aliphatic rings. The van der Waals surface area contributed by atoms with Gasteiger partial charge in [0.15, 0.2) is 11.5 Å². The molecule has 0 bridgehead atoms. The van der Waals surface area contributed by atoms with E-state index in [0.717, 1.165) is 44.2 Å². The molecule has 0 unspecified atom stereocenters. The predicted octanol–water partition coefficient (Wildman–Crippen LogP) is -0.562. The average molecular weight is 305 g/mol.